The molecule has 2 aromatic rings. The third-order valence-corrected chi connectivity index (χ3v) is 7.23. The van der Waals surface area contributed by atoms with Gasteiger partial charge >= 0.3 is 143 Å². The number of aromatic hydroxyl groups is 2. The SMILES string of the molecule is C[C@@](N)(C[Se]C[C@@](C)(N)c1ccc(O)cc1)c1ccc(O)cc1. The van der Waals surface area contributed by atoms with Crippen molar-refractivity contribution in [3.8, 4) is 11.5 Å². The molecule has 0 radical (unpaired) electrons. The molecule has 0 aliphatic rings. The molecule has 2 rings (SSSR count). The first kappa shape index (κ1) is 17.8. The number of hydrogen-bond acceptors (Lipinski definition) is 4. The first-order chi connectivity index (χ1) is 10.7. The molecule has 0 aliphatic carbocycles. The monoisotopic (exact) mass is 380 g/mol. The zero-order valence-corrected chi connectivity index (χ0v) is 15.2. The molecule has 0 aromatic heterocycles. The quantitative estimate of drug-likeness (QED) is 0.581. The summed E-state index contributed by atoms with van der Waals surface area (Å²) in [5.74, 6) is 0.494. The van der Waals surface area contributed by atoms with Gasteiger partial charge in [-0.3, -0.25) is 0 Å². The van der Waals surface area contributed by atoms with E-state index in [4.69, 9.17) is 11.5 Å². The average molecular weight is 379 g/mol. The molecule has 2 atom stereocenters. The van der Waals surface area contributed by atoms with Crippen LogP contribution in [0, 0.1) is 0 Å². The molecule has 0 bridgehead atoms. The molecule has 0 amide bonds. The van der Waals surface area contributed by atoms with Gasteiger partial charge in [0.2, 0.25) is 0 Å². The van der Waals surface area contributed by atoms with Gasteiger partial charge in [-0.15, -0.1) is 0 Å². The molecule has 0 saturated heterocycles. The summed E-state index contributed by atoms with van der Waals surface area (Å²) >= 11 is 0.267. The van der Waals surface area contributed by atoms with E-state index >= 15 is 0 Å². The molecule has 0 heterocycles. The van der Waals surface area contributed by atoms with Crippen LogP contribution in [-0.4, -0.2) is 25.2 Å². The molecule has 2 aromatic carbocycles. The van der Waals surface area contributed by atoms with Crippen LogP contribution in [0.25, 0.3) is 0 Å². The van der Waals surface area contributed by atoms with Gasteiger partial charge in [0.25, 0.3) is 0 Å². The molecule has 5 heteroatoms. The van der Waals surface area contributed by atoms with Crippen molar-refractivity contribution < 1.29 is 10.2 Å². The van der Waals surface area contributed by atoms with Crippen LogP contribution in [0.2, 0.25) is 10.6 Å². The van der Waals surface area contributed by atoms with Crippen LogP contribution < -0.4 is 11.5 Å². The topological polar surface area (TPSA) is 92.5 Å². The average Bonchev–Trinajstić information content (AvgIpc) is 2.47. The molecule has 0 fully saturated rings. The third kappa shape index (κ3) is 4.72. The zero-order valence-electron chi connectivity index (χ0n) is 13.5. The van der Waals surface area contributed by atoms with Gasteiger partial charge in [0.15, 0.2) is 0 Å². The Morgan fingerprint density at radius 3 is 1.35 bits per heavy atom. The van der Waals surface area contributed by atoms with E-state index in [0.717, 1.165) is 21.8 Å². The van der Waals surface area contributed by atoms with Crippen molar-refractivity contribution in [1.82, 2.24) is 0 Å². The molecule has 0 aliphatic heterocycles. The van der Waals surface area contributed by atoms with E-state index in [1.54, 1.807) is 24.3 Å². The third-order valence-electron chi connectivity index (χ3n) is 3.86. The maximum absolute atomic E-state index is 9.38. The van der Waals surface area contributed by atoms with Crippen LogP contribution >= 0.6 is 0 Å². The Balaban J connectivity index is 1.97. The summed E-state index contributed by atoms with van der Waals surface area (Å²) in [5.41, 5.74) is 14.0. The standard InChI is InChI=1S/C18H24N2O2Se/c1-17(19,13-3-7-15(21)8-4-13)11-23-12-18(2,20)14-5-9-16(22)10-6-14/h3-10,21-22H,11-12,19-20H2,1-2H3/t17-,18-/m1/s1. The molecule has 0 unspecified atom stereocenters. The van der Waals surface area contributed by atoms with Crippen molar-refractivity contribution in [3.63, 3.8) is 0 Å². The second-order valence-corrected chi connectivity index (χ2v) is 8.49. The van der Waals surface area contributed by atoms with Gasteiger partial charge in [-0.1, -0.05) is 0 Å². The van der Waals surface area contributed by atoms with E-state index in [0.29, 0.717) is 0 Å². The summed E-state index contributed by atoms with van der Waals surface area (Å²) in [7, 11) is 0. The predicted octanol–water partition coefficient (Wildman–Crippen LogP) is 2.69. The van der Waals surface area contributed by atoms with Gasteiger partial charge in [-0.05, 0) is 0 Å². The molecule has 0 saturated carbocycles. The number of rotatable bonds is 6. The maximum atomic E-state index is 9.38. The minimum absolute atomic E-state index is 0.247. The van der Waals surface area contributed by atoms with E-state index < -0.39 is 11.1 Å². The summed E-state index contributed by atoms with van der Waals surface area (Å²) < 4.78 is 0. The van der Waals surface area contributed by atoms with E-state index in [-0.39, 0.29) is 26.5 Å². The van der Waals surface area contributed by atoms with Gasteiger partial charge < -0.3 is 0 Å². The summed E-state index contributed by atoms with van der Waals surface area (Å²) in [5, 5.41) is 20.5. The first-order valence-electron chi connectivity index (χ1n) is 7.45. The van der Waals surface area contributed by atoms with E-state index in [2.05, 4.69) is 0 Å². The number of benzene rings is 2. The van der Waals surface area contributed by atoms with E-state index in [1.807, 2.05) is 38.1 Å². The van der Waals surface area contributed by atoms with Gasteiger partial charge in [0, 0.05) is 0 Å². The number of hydrogen-bond donors (Lipinski definition) is 4. The van der Waals surface area contributed by atoms with Gasteiger partial charge in [-0.2, -0.15) is 0 Å². The van der Waals surface area contributed by atoms with Crippen LogP contribution in [0.15, 0.2) is 48.5 Å². The fraction of sp³-hybridized carbons (Fsp3) is 0.333. The molecule has 124 valence electrons. The number of phenolic OH excluding ortho intramolecular Hbond substituents is 2. The Hall–Kier alpha value is -1.52. The molecule has 4 nitrogen and oxygen atoms in total. The summed E-state index contributed by atoms with van der Waals surface area (Å²) in [6.45, 7) is 4.02. The van der Waals surface area contributed by atoms with Crippen molar-refractivity contribution in [3.05, 3.63) is 59.7 Å². The van der Waals surface area contributed by atoms with Crippen LogP contribution in [0.3, 0.4) is 0 Å². The molecule has 23 heavy (non-hydrogen) atoms. The van der Waals surface area contributed by atoms with Crippen LogP contribution in [-0.2, 0) is 11.1 Å². The summed E-state index contributed by atoms with van der Waals surface area (Å²) in [6.07, 6.45) is 0. The van der Waals surface area contributed by atoms with Gasteiger partial charge in [-0.25, -0.2) is 0 Å². The van der Waals surface area contributed by atoms with Crippen LogP contribution in [0.4, 0.5) is 0 Å². The fourth-order valence-corrected chi connectivity index (χ4v) is 5.02. The summed E-state index contributed by atoms with van der Waals surface area (Å²) in [6, 6.07) is 14.1. The molecule has 6 N–H and O–H groups in total. The number of nitrogens with two attached hydrogens (primary N) is 2. The molecular weight excluding hydrogens is 355 g/mol. The Kier molecular flexibility index (Phi) is 5.37. The second-order valence-electron chi connectivity index (χ2n) is 6.42. The predicted molar refractivity (Wildman–Crippen MR) is 94.7 cm³/mol. The van der Waals surface area contributed by atoms with E-state index in [9.17, 15) is 10.2 Å². The van der Waals surface area contributed by atoms with Crippen molar-refractivity contribution in [2.24, 2.45) is 11.5 Å². The Morgan fingerprint density at radius 2 is 1.04 bits per heavy atom. The van der Waals surface area contributed by atoms with Crippen LogP contribution in [0.1, 0.15) is 25.0 Å². The zero-order chi connectivity index (χ0) is 17.1. The molecular formula is C18H24N2O2Se. The van der Waals surface area contributed by atoms with Crippen molar-refractivity contribution in [1.29, 1.82) is 0 Å². The fourth-order valence-electron chi connectivity index (χ4n) is 2.33. The first-order valence-corrected chi connectivity index (χ1v) is 9.87. The second kappa shape index (κ2) is 6.93. The van der Waals surface area contributed by atoms with Gasteiger partial charge in [0.1, 0.15) is 0 Å². The molecule has 0 spiro atoms. The van der Waals surface area contributed by atoms with E-state index in [1.165, 1.54) is 0 Å². The Bertz CT molecular complexity index is 580. The van der Waals surface area contributed by atoms with Crippen LogP contribution in [0.5, 0.6) is 11.5 Å². The Labute approximate surface area is 143 Å². The van der Waals surface area contributed by atoms with Crippen molar-refractivity contribution in [2.75, 3.05) is 0 Å². The minimum atomic E-state index is -0.432. The van der Waals surface area contributed by atoms with Crippen molar-refractivity contribution >= 4 is 15.0 Å². The normalized spacial score (nSPS) is 16.5. The number of phenols is 2. The summed E-state index contributed by atoms with van der Waals surface area (Å²) in [4.78, 5) is 0. The Morgan fingerprint density at radius 1 is 0.739 bits per heavy atom. The van der Waals surface area contributed by atoms with Crippen molar-refractivity contribution in [2.45, 2.75) is 35.6 Å². The van der Waals surface area contributed by atoms with Gasteiger partial charge in [0.05, 0.1) is 0 Å².